The second-order valence-corrected chi connectivity index (χ2v) is 15.0. The van der Waals surface area contributed by atoms with Gasteiger partial charge in [-0.3, -0.25) is 9.59 Å². The normalized spacial score (nSPS) is 16.6. The highest BCUT2D eigenvalue weighted by atomic mass is 32.1. The maximum absolute atomic E-state index is 12.7. The Hall–Kier alpha value is -3.59. The minimum atomic E-state index is -0.538. The van der Waals surface area contributed by atoms with Gasteiger partial charge in [0, 0.05) is 52.0 Å². The number of amides is 1. The third-order valence-electron chi connectivity index (χ3n) is 8.26. The van der Waals surface area contributed by atoms with Crippen LogP contribution in [-0.4, -0.2) is 54.2 Å². The fraction of sp³-hybridized carbons (Fsp3) is 0.514. The van der Waals surface area contributed by atoms with Gasteiger partial charge in [0.05, 0.1) is 18.3 Å². The molecule has 1 amide bonds. The van der Waals surface area contributed by atoms with Crippen molar-refractivity contribution in [3.8, 4) is 5.75 Å². The van der Waals surface area contributed by atoms with Crippen molar-refractivity contribution in [1.29, 1.82) is 0 Å². The van der Waals surface area contributed by atoms with Crippen LogP contribution in [0.3, 0.4) is 0 Å². The molecule has 1 spiro atoms. The van der Waals surface area contributed by atoms with Crippen LogP contribution in [0, 0.1) is 0 Å². The van der Waals surface area contributed by atoms with Gasteiger partial charge in [0.15, 0.2) is 5.13 Å². The molecule has 44 heavy (non-hydrogen) atoms. The zero-order valence-corrected chi connectivity index (χ0v) is 27.8. The lowest BCUT2D eigenvalue weighted by Gasteiger charge is -2.41. The molecule has 0 saturated carbocycles. The van der Waals surface area contributed by atoms with Gasteiger partial charge in [-0.1, -0.05) is 68.5 Å². The first-order valence-corrected chi connectivity index (χ1v) is 16.5. The van der Waals surface area contributed by atoms with Gasteiger partial charge in [-0.25, -0.2) is 4.98 Å². The molecule has 3 aromatic rings. The summed E-state index contributed by atoms with van der Waals surface area (Å²) < 4.78 is 12.2. The van der Waals surface area contributed by atoms with E-state index in [1.165, 1.54) is 22.5 Å². The number of thiazole rings is 1. The van der Waals surface area contributed by atoms with E-state index in [1.54, 1.807) is 6.20 Å². The van der Waals surface area contributed by atoms with Gasteiger partial charge >= 0.3 is 5.97 Å². The molecule has 3 heterocycles. The van der Waals surface area contributed by atoms with Crippen LogP contribution in [0.1, 0.15) is 88.0 Å². The Labute approximate surface area is 265 Å². The molecule has 9 heteroatoms. The van der Waals surface area contributed by atoms with Gasteiger partial charge in [0.1, 0.15) is 21.8 Å². The molecule has 0 bridgehead atoms. The molecule has 0 unspecified atom stereocenters. The minimum Gasteiger partial charge on any atom is -0.485 e. The highest BCUT2D eigenvalue weighted by Gasteiger charge is 2.40. The fourth-order valence-corrected chi connectivity index (χ4v) is 6.66. The third-order valence-corrected chi connectivity index (χ3v) is 9.32. The molecule has 1 saturated heterocycles. The Morgan fingerprint density at radius 2 is 1.66 bits per heavy atom. The van der Waals surface area contributed by atoms with Crippen molar-refractivity contribution in [3.63, 3.8) is 0 Å². The summed E-state index contributed by atoms with van der Waals surface area (Å²) in [5.41, 5.74) is 3.15. The van der Waals surface area contributed by atoms with E-state index in [0.717, 1.165) is 62.0 Å². The van der Waals surface area contributed by atoms with Gasteiger partial charge < -0.3 is 24.6 Å². The lowest BCUT2D eigenvalue weighted by Crippen LogP contribution is -2.48. The molecule has 1 fully saturated rings. The van der Waals surface area contributed by atoms with Crippen molar-refractivity contribution in [2.75, 3.05) is 36.0 Å². The number of aromatic nitrogens is 1. The molecule has 2 aliphatic rings. The van der Waals surface area contributed by atoms with Crippen LogP contribution in [0.4, 0.5) is 10.8 Å². The number of benzene rings is 2. The lowest BCUT2D eigenvalue weighted by molar-refractivity contribution is -0.154. The molecular formula is C35H46N4O4S. The molecule has 0 aliphatic carbocycles. The van der Waals surface area contributed by atoms with Gasteiger partial charge in [-0.05, 0) is 49.4 Å². The van der Waals surface area contributed by atoms with Crippen molar-refractivity contribution in [3.05, 3.63) is 70.7 Å². The van der Waals surface area contributed by atoms with Crippen LogP contribution in [0.2, 0.25) is 0 Å². The van der Waals surface area contributed by atoms with Crippen LogP contribution in [0.15, 0.2) is 54.7 Å². The quantitative estimate of drug-likeness (QED) is 0.294. The summed E-state index contributed by atoms with van der Waals surface area (Å²) in [4.78, 5) is 34.4. The number of piperidine rings is 1. The summed E-state index contributed by atoms with van der Waals surface area (Å²) in [5, 5.41) is 3.65. The Morgan fingerprint density at radius 1 is 0.977 bits per heavy atom. The van der Waals surface area contributed by atoms with Crippen molar-refractivity contribution in [2.45, 2.75) is 90.4 Å². The number of nitrogens with zero attached hydrogens (tertiary/aromatic N) is 3. The summed E-state index contributed by atoms with van der Waals surface area (Å²) in [6.07, 6.45) is 4.46. The van der Waals surface area contributed by atoms with E-state index >= 15 is 0 Å². The molecule has 2 aromatic carbocycles. The molecule has 5 rings (SSSR count). The van der Waals surface area contributed by atoms with E-state index < -0.39 is 5.60 Å². The Balaban J connectivity index is 1.18. The third kappa shape index (κ3) is 7.92. The van der Waals surface area contributed by atoms with Crippen molar-refractivity contribution >= 4 is 34.0 Å². The topological polar surface area (TPSA) is 84.0 Å². The summed E-state index contributed by atoms with van der Waals surface area (Å²) in [6.45, 7) is 15.8. The number of hydrogen-bond acceptors (Lipinski definition) is 8. The SMILES string of the molecule is CC(C)(C)OC(=O)CCNC(=O)c1cnc(N2CCC3(CC2)CCN(Cc2ccc(C(C)(C)C)cc2)c2ccccc2O3)s1. The number of anilines is 2. The second-order valence-electron chi connectivity index (χ2n) is 14.0. The highest BCUT2D eigenvalue weighted by molar-refractivity contribution is 7.17. The standard InChI is InChI=1S/C35H46N4O4S/c1-33(2,3)26-13-11-25(12-14-26)24-39-22-18-35(42-28-10-8-7-9-27(28)39)16-20-38(21-17-35)32-37-23-29(44-32)31(41)36-19-15-30(40)43-34(4,5)6/h7-14,23H,15-22,24H2,1-6H3,(H,36,41). The molecule has 236 valence electrons. The van der Waals surface area contributed by atoms with Crippen LogP contribution in [0.5, 0.6) is 5.75 Å². The number of carbonyl (C=O) groups excluding carboxylic acids is 2. The number of carbonyl (C=O) groups is 2. The van der Waals surface area contributed by atoms with E-state index in [4.69, 9.17) is 9.47 Å². The van der Waals surface area contributed by atoms with Gasteiger partial charge in [0.2, 0.25) is 0 Å². The van der Waals surface area contributed by atoms with Crippen LogP contribution in [-0.2, 0) is 21.5 Å². The van der Waals surface area contributed by atoms with Gasteiger partial charge in [-0.2, -0.15) is 0 Å². The second kappa shape index (κ2) is 12.8. The predicted molar refractivity (Wildman–Crippen MR) is 177 cm³/mol. The van der Waals surface area contributed by atoms with E-state index in [-0.39, 0.29) is 35.9 Å². The zero-order chi connectivity index (χ0) is 31.5. The Kier molecular flexibility index (Phi) is 9.25. The van der Waals surface area contributed by atoms with Crippen LogP contribution >= 0.6 is 11.3 Å². The number of fused-ring (bicyclic) bond motifs is 1. The van der Waals surface area contributed by atoms with E-state index in [9.17, 15) is 9.59 Å². The monoisotopic (exact) mass is 618 g/mol. The predicted octanol–water partition coefficient (Wildman–Crippen LogP) is 6.73. The lowest BCUT2D eigenvalue weighted by atomic mass is 9.86. The van der Waals surface area contributed by atoms with Crippen LogP contribution in [0.25, 0.3) is 0 Å². The van der Waals surface area contributed by atoms with Gasteiger partial charge in [0.25, 0.3) is 5.91 Å². The first-order chi connectivity index (χ1) is 20.8. The summed E-state index contributed by atoms with van der Waals surface area (Å²) >= 11 is 1.39. The number of nitrogens with one attached hydrogen (secondary N) is 1. The van der Waals surface area contributed by atoms with Crippen molar-refractivity contribution < 1.29 is 19.1 Å². The Morgan fingerprint density at radius 3 is 2.34 bits per heavy atom. The van der Waals surface area contributed by atoms with Gasteiger partial charge in [-0.15, -0.1) is 0 Å². The number of para-hydroxylation sites is 2. The first kappa shape index (κ1) is 31.8. The molecule has 2 aliphatic heterocycles. The van der Waals surface area contributed by atoms with E-state index in [2.05, 4.69) is 89.4 Å². The number of ether oxygens (including phenoxy) is 2. The largest absolute Gasteiger partial charge is 0.485 e. The van der Waals surface area contributed by atoms with Crippen molar-refractivity contribution in [1.82, 2.24) is 10.3 Å². The molecule has 0 atom stereocenters. The first-order valence-electron chi connectivity index (χ1n) is 15.6. The molecule has 0 radical (unpaired) electrons. The maximum Gasteiger partial charge on any atom is 0.308 e. The number of rotatable bonds is 7. The highest BCUT2D eigenvalue weighted by Crippen LogP contribution is 2.42. The zero-order valence-electron chi connectivity index (χ0n) is 26.9. The van der Waals surface area contributed by atoms with Crippen molar-refractivity contribution in [2.24, 2.45) is 0 Å². The average Bonchev–Trinajstić information content (AvgIpc) is 3.40. The number of esters is 1. The molecule has 8 nitrogen and oxygen atoms in total. The van der Waals surface area contributed by atoms with Crippen LogP contribution < -0.4 is 19.9 Å². The molecule has 1 N–H and O–H groups in total. The average molecular weight is 619 g/mol. The van der Waals surface area contributed by atoms with E-state index in [1.807, 2.05) is 20.8 Å². The van der Waals surface area contributed by atoms with E-state index in [0.29, 0.717) is 4.88 Å². The fourth-order valence-electron chi connectivity index (χ4n) is 5.77. The number of hydrogen-bond donors (Lipinski definition) is 1. The minimum absolute atomic E-state index is 0.132. The molecular weight excluding hydrogens is 572 g/mol. The smallest absolute Gasteiger partial charge is 0.308 e. The summed E-state index contributed by atoms with van der Waals surface area (Å²) in [7, 11) is 0. The summed E-state index contributed by atoms with van der Waals surface area (Å²) in [6, 6.07) is 17.4. The summed E-state index contributed by atoms with van der Waals surface area (Å²) in [5.74, 6) is 0.401. The Bertz CT molecular complexity index is 1450. The maximum atomic E-state index is 12.7. The molecule has 1 aromatic heterocycles.